The van der Waals surface area contributed by atoms with Crippen molar-refractivity contribution in [2.45, 2.75) is 5.75 Å². The SMILES string of the molecule is Nc1cccc(CS(=O)(=O)Nc2ccncc2F)c1. The third-order valence-electron chi connectivity index (χ3n) is 2.35. The molecule has 0 fully saturated rings. The first kappa shape index (κ1) is 13.3. The van der Waals surface area contributed by atoms with E-state index in [0.717, 1.165) is 6.20 Å². The number of benzene rings is 1. The summed E-state index contributed by atoms with van der Waals surface area (Å²) in [5, 5.41) is 0. The molecule has 100 valence electrons. The number of hydrogen-bond donors (Lipinski definition) is 2. The summed E-state index contributed by atoms with van der Waals surface area (Å²) >= 11 is 0. The number of nitrogens with one attached hydrogen (secondary N) is 1. The molecule has 0 bridgehead atoms. The van der Waals surface area contributed by atoms with Crippen molar-refractivity contribution in [2.75, 3.05) is 10.5 Å². The lowest BCUT2D eigenvalue weighted by molar-refractivity contribution is 0.597. The van der Waals surface area contributed by atoms with Gasteiger partial charge in [0, 0.05) is 11.9 Å². The summed E-state index contributed by atoms with van der Waals surface area (Å²) in [6.07, 6.45) is 2.25. The van der Waals surface area contributed by atoms with E-state index in [2.05, 4.69) is 9.71 Å². The van der Waals surface area contributed by atoms with Gasteiger partial charge in [-0.3, -0.25) is 9.71 Å². The largest absolute Gasteiger partial charge is 0.399 e. The van der Waals surface area contributed by atoms with Gasteiger partial charge in [-0.2, -0.15) is 0 Å². The summed E-state index contributed by atoms with van der Waals surface area (Å²) in [6.45, 7) is 0. The van der Waals surface area contributed by atoms with Crippen LogP contribution in [0.4, 0.5) is 15.8 Å². The fourth-order valence-corrected chi connectivity index (χ4v) is 2.76. The van der Waals surface area contributed by atoms with E-state index in [-0.39, 0.29) is 11.4 Å². The second-order valence-electron chi connectivity index (χ2n) is 3.96. The van der Waals surface area contributed by atoms with Crippen molar-refractivity contribution < 1.29 is 12.8 Å². The van der Waals surface area contributed by atoms with Gasteiger partial charge < -0.3 is 5.73 Å². The number of rotatable bonds is 4. The first-order valence-corrected chi connectivity index (χ1v) is 7.06. The van der Waals surface area contributed by atoms with Crippen LogP contribution in [0.2, 0.25) is 0 Å². The van der Waals surface area contributed by atoms with Crippen molar-refractivity contribution in [2.24, 2.45) is 0 Å². The lowest BCUT2D eigenvalue weighted by Crippen LogP contribution is -2.16. The number of sulfonamides is 1. The number of anilines is 2. The quantitative estimate of drug-likeness (QED) is 0.836. The van der Waals surface area contributed by atoms with Crippen LogP contribution in [0, 0.1) is 5.82 Å². The summed E-state index contributed by atoms with van der Waals surface area (Å²) in [4.78, 5) is 3.54. The number of halogens is 1. The minimum atomic E-state index is -3.70. The highest BCUT2D eigenvalue weighted by atomic mass is 32.2. The van der Waals surface area contributed by atoms with Gasteiger partial charge in [0.05, 0.1) is 17.6 Å². The zero-order chi connectivity index (χ0) is 13.9. The van der Waals surface area contributed by atoms with Gasteiger partial charge in [-0.1, -0.05) is 12.1 Å². The molecular formula is C12H12FN3O2S. The van der Waals surface area contributed by atoms with Crippen molar-refractivity contribution in [3.05, 3.63) is 54.1 Å². The van der Waals surface area contributed by atoms with Gasteiger partial charge in [-0.05, 0) is 23.8 Å². The van der Waals surface area contributed by atoms with Crippen molar-refractivity contribution in [3.63, 3.8) is 0 Å². The van der Waals surface area contributed by atoms with Crippen molar-refractivity contribution >= 4 is 21.4 Å². The Hall–Kier alpha value is -2.15. The van der Waals surface area contributed by atoms with Gasteiger partial charge in [0.1, 0.15) is 0 Å². The van der Waals surface area contributed by atoms with E-state index >= 15 is 0 Å². The Morgan fingerprint density at radius 2 is 2.11 bits per heavy atom. The van der Waals surface area contributed by atoms with E-state index in [9.17, 15) is 12.8 Å². The Labute approximate surface area is 110 Å². The fourth-order valence-electron chi connectivity index (χ4n) is 1.56. The average molecular weight is 281 g/mol. The predicted octanol–water partition coefficient (Wildman–Crippen LogP) is 1.74. The highest BCUT2D eigenvalue weighted by Gasteiger charge is 2.14. The summed E-state index contributed by atoms with van der Waals surface area (Å²) in [5.41, 5.74) is 6.45. The number of nitrogens with two attached hydrogens (primary N) is 1. The second-order valence-corrected chi connectivity index (χ2v) is 5.68. The number of nitrogens with zero attached hydrogens (tertiary/aromatic N) is 1. The topological polar surface area (TPSA) is 85.1 Å². The third kappa shape index (κ3) is 3.65. The number of pyridine rings is 1. The molecule has 1 heterocycles. The molecule has 5 nitrogen and oxygen atoms in total. The fraction of sp³-hybridized carbons (Fsp3) is 0.0833. The number of nitrogen functional groups attached to an aromatic ring is 1. The Bertz CT molecular complexity index is 689. The summed E-state index contributed by atoms with van der Waals surface area (Å²) in [5.74, 6) is -1.00. The molecule has 0 aliphatic rings. The van der Waals surface area contributed by atoms with E-state index in [4.69, 9.17) is 5.73 Å². The van der Waals surface area contributed by atoms with Crippen LogP contribution in [-0.4, -0.2) is 13.4 Å². The molecule has 7 heteroatoms. The van der Waals surface area contributed by atoms with Crippen LogP contribution in [0.25, 0.3) is 0 Å². The summed E-state index contributed by atoms with van der Waals surface area (Å²) < 4.78 is 39.3. The second kappa shape index (κ2) is 5.23. The molecule has 0 aliphatic heterocycles. The lowest BCUT2D eigenvalue weighted by atomic mass is 10.2. The first-order valence-electron chi connectivity index (χ1n) is 5.41. The summed E-state index contributed by atoms with van der Waals surface area (Å²) in [6, 6.07) is 7.77. The number of aromatic nitrogens is 1. The van der Waals surface area contributed by atoms with Crippen LogP contribution in [0.5, 0.6) is 0 Å². The maximum absolute atomic E-state index is 13.3. The van der Waals surface area contributed by atoms with E-state index in [1.807, 2.05) is 0 Å². The van der Waals surface area contributed by atoms with Gasteiger partial charge in [0.25, 0.3) is 0 Å². The van der Waals surface area contributed by atoms with Crippen LogP contribution in [-0.2, 0) is 15.8 Å². The van der Waals surface area contributed by atoms with E-state index in [1.54, 1.807) is 24.3 Å². The van der Waals surface area contributed by atoms with Crippen LogP contribution in [0.3, 0.4) is 0 Å². The zero-order valence-corrected chi connectivity index (χ0v) is 10.7. The molecule has 0 saturated heterocycles. The van der Waals surface area contributed by atoms with Crippen molar-refractivity contribution in [1.29, 1.82) is 0 Å². The standard InChI is InChI=1S/C12H12FN3O2S/c13-11-7-15-5-4-12(11)16-19(17,18)8-9-2-1-3-10(14)6-9/h1-7H,8,14H2,(H,15,16). The lowest BCUT2D eigenvalue weighted by Gasteiger charge is -2.08. The Morgan fingerprint density at radius 1 is 1.32 bits per heavy atom. The minimum absolute atomic E-state index is 0.126. The maximum atomic E-state index is 13.3. The molecule has 0 amide bonds. The summed E-state index contributed by atoms with van der Waals surface area (Å²) in [7, 11) is -3.70. The molecule has 0 spiro atoms. The first-order chi connectivity index (χ1) is 8.96. The molecule has 1 aromatic heterocycles. The molecule has 1 aromatic carbocycles. The number of hydrogen-bond acceptors (Lipinski definition) is 4. The average Bonchev–Trinajstić information content (AvgIpc) is 2.31. The smallest absolute Gasteiger partial charge is 0.237 e. The molecular weight excluding hydrogens is 269 g/mol. The minimum Gasteiger partial charge on any atom is -0.399 e. The molecule has 0 saturated carbocycles. The highest BCUT2D eigenvalue weighted by Crippen LogP contribution is 2.16. The maximum Gasteiger partial charge on any atom is 0.237 e. The predicted molar refractivity (Wildman–Crippen MR) is 71.3 cm³/mol. The van der Waals surface area contributed by atoms with Crippen molar-refractivity contribution in [1.82, 2.24) is 4.98 Å². The zero-order valence-electron chi connectivity index (χ0n) is 9.88. The van der Waals surface area contributed by atoms with Crippen molar-refractivity contribution in [3.8, 4) is 0 Å². The molecule has 0 unspecified atom stereocenters. The van der Waals surface area contributed by atoms with Crippen LogP contribution >= 0.6 is 0 Å². The van der Waals surface area contributed by atoms with Crippen LogP contribution < -0.4 is 10.5 Å². The normalized spacial score (nSPS) is 11.2. The highest BCUT2D eigenvalue weighted by molar-refractivity contribution is 7.91. The monoisotopic (exact) mass is 281 g/mol. The van der Waals surface area contributed by atoms with Gasteiger partial charge in [-0.25, -0.2) is 12.8 Å². The van der Waals surface area contributed by atoms with Gasteiger partial charge in [-0.15, -0.1) is 0 Å². The molecule has 0 aliphatic carbocycles. The van der Waals surface area contributed by atoms with E-state index in [1.165, 1.54) is 12.3 Å². The van der Waals surface area contributed by atoms with Gasteiger partial charge in [0.15, 0.2) is 5.82 Å². The Balaban J connectivity index is 2.18. The van der Waals surface area contributed by atoms with E-state index < -0.39 is 15.8 Å². The molecule has 2 aromatic rings. The molecule has 19 heavy (non-hydrogen) atoms. The van der Waals surface area contributed by atoms with Gasteiger partial charge >= 0.3 is 0 Å². The Morgan fingerprint density at radius 3 is 2.79 bits per heavy atom. The Kier molecular flexibility index (Phi) is 3.66. The van der Waals surface area contributed by atoms with Crippen LogP contribution in [0.15, 0.2) is 42.7 Å². The molecule has 0 radical (unpaired) electrons. The van der Waals surface area contributed by atoms with Gasteiger partial charge in [0.2, 0.25) is 10.0 Å². The molecule has 0 atom stereocenters. The van der Waals surface area contributed by atoms with E-state index in [0.29, 0.717) is 11.3 Å². The molecule has 2 rings (SSSR count). The third-order valence-corrected chi connectivity index (χ3v) is 3.59. The molecule has 3 N–H and O–H groups in total. The van der Waals surface area contributed by atoms with Crippen LogP contribution in [0.1, 0.15) is 5.56 Å².